The zero-order chi connectivity index (χ0) is 13.9. The van der Waals surface area contributed by atoms with Crippen molar-refractivity contribution in [1.82, 2.24) is 5.32 Å². The molecular formula is C16H23N3O. The Morgan fingerprint density at radius 1 is 1.15 bits per heavy atom. The molecule has 0 aliphatic carbocycles. The Bertz CT molecular complexity index is 482. The summed E-state index contributed by atoms with van der Waals surface area (Å²) in [7, 11) is 2.11. The fraction of sp³-hybridized carbons (Fsp3) is 0.562. The smallest absolute Gasteiger partial charge is 0.230 e. The molecule has 1 aromatic carbocycles. The van der Waals surface area contributed by atoms with Gasteiger partial charge in [0.2, 0.25) is 5.91 Å². The van der Waals surface area contributed by atoms with Crippen molar-refractivity contribution in [3.63, 3.8) is 0 Å². The van der Waals surface area contributed by atoms with Crippen molar-refractivity contribution in [2.24, 2.45) is 5.92 Å². The van der Waals surface area contributed by atoms with E-state index in [0.29, 0.717) is 5.91 Å². The second-order valence-corrected chi connectivity index (χ2v) is 5.78. The van der Waals surface area contributed by atoms with Crippen LogP contribution in [0, 0.1) is 5.92 Å². The van der Waals surface area contributed by atoms with Gasteiger partial charge in [0.25, 0.3) is 0 Å². The molecule has 108 valence electrons. The first kappa shape index (κ1) is 13.4. The molecule has 2 aliphatic rings. The lowest BCUT2D eigenvalue weighted by Crippen LogP contribution is -2.41. The van der Waals surface area contributed by atoms with E-state index in [-0.39, 0.29) is 5.92 Å². The van der Waals surface area contributed by atoms with Gasteiger partial charge in [-0.05, 0) is 44.5 Å². The maximum absolute atomic E-state index is 12.9. The quantitative estimate of drug-likeness (QED) is 0.848. The van der Waals surface area contributed by atoms with Gasteiger partial charge in [0.05, 0.1) is 11.4 Å². The number of nitrogens with one attached hydrogen (secondary N) is 1. The number of amides is 1. The molecule has 0 spiro atoms. The van der Waals surface area contributed by atoms with Gasteiger partial charge in [0.1, 0.15) is 0 Å². The second kappa shape index (κ2) is 5.83. The van der Waals surface area contributed by atoms with Crippen molar-refractivity contribution in [3.8, 4) is 0 Å². The van der Waals surface area contributed by atoms with Crippen molar-refractivity contribution < 1.29 is 4.79 Å². The zero-order valence-electron chi connectivity index (χ0n) is 12.1. The van der Waals surface area contributed by atoms with E-state index in [1.165, 1.54) is 5.69 Å². The van der Waals surface area contributed by atoms with Gasteiger partial charge in [-0.2, -0.15) is 0 Å². The maximum atomic E-state index is 12.9. The Hall–Kier alpha value is -1.55. The first-order valence-corrected chi connectivity index (χ1v) is 7.59. The highest BCUT2D eigenvalue weighted by Gasteiger charge is 2.29. The molecular weight excluding hydrogens is 250 g/mol. The molecule has 1 amide bonds. The molecule has 3 rings (SSSR count). The lowest BCUT2D eigenvalue weighted by Gasteiger charge is -2.30. The summed E-state index contributed by atoms with van der Waals surface area (Å²) in [5, 5.41) is 3.33. The third-order valence-corrected chi connectivity index (χ3v) is 4.41. The third kappa shape index (κ3) is 2.52. The monoisotopic (exact) mass is 273 g/mol. The number of rotatable bonds is 1. The van der Waals surface area contributed by atoms with Crippen LogP contribution in [-0.4, -0.2) is 39.1 Å². The molecule has 0 unspecified atom stereocenters. The number of para-hydroxylation sites is 2. The van der Waals surface area contributed by atoms with E-state index in [0.717, 1.165) is 51.1 Å². The van der Waals surface area contributed by atoms with Crippen LogP contribution in [0.4, 0.5) is 11.4 Å². The Morgan fingerprint density at radius 2 is 1.85 bits per heavy atom. The van der Waals surface area contributed by atoms with E-state index in [1.807, 2.05) is 17.0 Å². The Labute approximate surface area is 120 Å². The Kier molecular flexibility index (Phi) is 3.92. The first-order valence-electron chi connectivity index (χ1n) is 7.59. The fourth-order valence-electron chi connectivity index (χ4n) is 3.24. The van der Waals surface area contributed by atoms with E-state index in [1.54, 1.807) is 0 Å². The molecule has 1 saturated heterocycles. The van der Waals surface area contributed by atoms with Gasteiger partial charge in [-0.1, -0.05) is 12.1 Å². The lowest BCUT2D eigenvalue weighted by atomic mass is 9.96. The highest BCUT2D eigenvalue weighted by Crippen LogP contribution is 2.33. The molecule has 1 N–H and O–H groups in total. The van der Waals surface area contributed by atoms with Crippen LogP contribution in [-0.2, 0) is 4.79 Å². The van der Waals surface area contributed by atoms with Crippen LogP contribution in [0.15, 0.2) is 24.3 Å². The Morgan fingerprint density at radius 3 is 2.60 bits per heavy atom. The lowest BCUT2D eigenvalue weighted by molar-refractivity contribution is -0.123. The summed E-state index contributed by atoms with van der Waals surface area (Å²) in [6.45, 7) is 3.77. The molecule has 1 aromatic rings. The SMILES string of the molecule is CN1CCCN(C(=O)C2CCNCC2)c2ccccc21. The van der Waals surface area contributed by atoms with Crippen molar-refractivity contribution in [2.45, 2.75) is 19.3 Å². The van der Waals surface area contributed by atoms with E-state index >= 15 is 0 Å². The standard InChI is InChI=1S/C16H23N3O/c1-18-11-4-12-19(15-6-3-2-5-14(15)18)16(20)13-7-9-17-10-8-13/h2-3,5-6,13,17H,4,7-12H2,1H3. The third-order valence-electron chi connectivity index (χ3n) is 4.41. The van der Waals surface area contributed by atoms with Crippen LogP contribution >= 0.6 is 0 Å². The summed E-state index contributed by atoms with van der Waals surface area (Å²) < 4.78 is 0. The van der Waals surface area contributed by atoms with Gasteiger partial charge in [-0.15, -0.1) is 0 Å². The Balaban J connectivity index is 1.88. The molecule has 0 saturated carbocycles. The highest BCUT2D eigenvalue weighted by molar-refractivity contribution is 5.98. The number of anilines is 2. The largest absolute Gasteiger partial charge is 0.373 e. The number of benzene rings is 1. The average Bonchev–Trinajstić information content (AvgIpc) is 2.67. The van der Waals surface area contributed by atoms with Crippen molar-refractivity contribution in [3.05, 3.63) is 24.3 Å². The number of hydrogen-bond acceptors (Lipinski definition) is 3. The number of carbonyl (C=O) groups is 1. The molecule has 4 heteroatoms. The van der Waals surface area contributed by atoms with E-state index in [4.69, 9.17) is 0 Å². The summed E-state index contributed by atoms with van der Waals surface area (Å²) >= 11 is 0. The summed E-state index contributed by atoms with van der Waals surface area (Å²) in [5.41, 5.74) is 2.25. The van der Waals surface area contributed by atoms with Gasteiger partial charge < -0.3 is 15.1 Å². The van der Waals surface area contributed by atoms with Gasteiger partial charge >= 0.3 is 0 Å². The summed E-state index contributed by atoms with van der Waals surface area (Å²) in [4.78, 5) is 17.1. The zero-order valence-corrected chi connectivity index (χ0v) is 12.1. The summed E-state index contributed by atoms with van der Waals surface area (Å²) in [6, 6.07) is 8.27. The second-order valence-electron chi connectivity index (χ2n) is 5.78. The van der Waals surface area contributed by atoms with Gasteiger partial charge in [-0.25, -0.2) is 0 Å². The molecule has 0 bridgehead atoms. The van der Waals surface area contributed by atoms with Gasteiger partial charge in [0.15, 0.2) is 0 Å². The van der Waals surface area contributed by atoms with Crippen molar-refractivity contribution in [1.29, 1.82) is 0 Å². The topological polar surface area (TPSA) is 35.6 Å². The van der Waals surface area contributed by atoms with Crippen LogP contribution < -0.4 is 15.1 Å². The number of fused-ring (bicyclic) bond motifs is 1. The molecule has 4 nitrogen and oxygen atoms in total. The maximum Gasteiger partial charge on any atom is 0.230 e. The van der Waals surface area contributed by atoms with Crippen molar-refractivity contribution >= 4 is 17.3 Å². The molecule has 0 radical (unpaired) electrons. The number of carbonyl (C=O) groups excluding carboxylic acids is 1. The number of nitrogens with zero attached hydrogens (tertiary/aromatic N) is 2. The molecule has 2 aliphatic heterocycles. The first-order chi connectivity index (χ1) is 9.77. The number of hydrogen-bond donors (Lipinski definition) is 1. The van der Waals surface area contributed by atoms with Crippen LogP contribution in [0.5, 0.6) is 0 Å². The average molecular weight is 273 g/mol. The van der Waals surface area contributed by atoms with Crippen LogP contribution in [0.2, 0.25) is 0 Å². The highest BCUT2D eigenvalue weighted by atomic mass is 16.2. The minimum absolute atomic E-state index is 0.188. The van der Waals surface area contributed by atoms with E-state index in [9.17, 15) is 4.79 Å². The van der Waals surface area contributed by atoms with Gasteiger partial charge in [-0.3, -0.25) is 4.79 Å². The minimum atomic E-state index is 0.188. The predicted molar refractivity (Wildman–Crippen MR) is 82.3 cm³/mol. The molecule has 1 fully saturated rings. The molecule has 0 atom stereocenters. The minimum Gasteiger partial charge on any atom is -0.373 e. The summed E-state index contributed by atoms with van der Waals surface area (Å²) in [5.74, 6) is 0.502. The molecule has 0 aromatic heterocycles. The van der Waals surface area contributed by atoms with Gasteiger partial charge in [0, 0.05) is 26.1 Å². The normalized spacial score (nSPS) is 20.4. The predicted octanol–water partition coefficient (Wildman–Crippen LogP) is 1.86. The molecule has 20 heavy (non-hydrogen) atoms. The van der Waals surface area contributed by atoms with Crippen LogP contribution in [0.25, 0.3) is 0 Å². The fourth-order valence-corrected chi connectivity index (χ4v) is 3.24. The molecule has 2 heterocycles. The number of piperidine rings is 1. The summed E-state index contributed by atoms with van der Waals surface area (Å²) in [6.07, 6.45) is 2.96. The van der Waals surface area contributed by atoms with Crippen LogP contribution in [0.1, 0.15) is 19.3 Å². The van der Waals surface area contributed by atoms with Crippen LogP contribution in [0.3, 0.4) is 0 Å². The van der Waals surface area contributed by atoms with Crippen molar-refractivity contribution in [2.75, 3.05) is 43.0 Å². The van der Waals surface area contributed by atoms with E-state index < -0.39 is 0 Å². The van der Waals surface area contributed by atoms with E-state index in [2.05, 4.69) is 29.4 Å².